The Balaban J connectivity index is 0. The first-order valence-electron chi connectivity index (χ1n) is 15.1. The molecule has 14 nitrogen and oxygen atoms in total. The third-order valence-corrected chi connectivity index (χ3v) is 4.97. The fourth-order valence-corrected chi connectivity index (χ4v) is 2.54. The maximum absolute atomic E-state index is 11.1. The maximum Gasteiger partial charge on any atom is 0.333 e. The van der Waals surface area contributed by atoms with E-state index in [1.54, 1.807) is 27.7 Å². The van der Waals surface area contributed by atoms with Crippen LogP contribution < -0.4 is 0 Å². The molecule has 0 aromatic heterocycles. The zero-order valence-corrected chi connectivity index (χ0v) is 28.0. The summed E-state index contributed by atoms with van der Waals surface area (Å²) in [5.74, 6) is -0.832. The van der Waals surface area contributed by atoms with Gasteiger partial charge in [0, 0.05) is 11.1 Å². The van der Waals surface area contributed by atoms with Crippen LogP contribution in [0.15, 0.2) is 24.3 Å². The summed E-state index contributed by atoms with van der Waals surface area (Å²) in [5, 5.41) is 17.6. The van der Waals surface area contributed by atoms with Gasteiger partial charge in [-0.05, 0) is 34.6 Å². The first-order valence-corrected chi connectivity index (χ1v) is 15.1. The maximum atomic E-state index is 11.1. The first-order chi connectivity index (χ1) is 21.5. The van der Waals surface area contributed by atoms with Gasteiger partial charge in [0.15, 0.2) is 0 Å². The van der Waals surface area contributed by atoms with Crippen LogP contribution in [0.1, 0.15) is 34.6 Å². The van der Waals surface area contributed by atoms with Gasteiger partial charge in [-0.25, -0.2) is 9.59 Å². The van der Waals surface area contributed by atoms with Gasteiger partial charge in [0.1, 0.15) is 13.2 Å². The second kappa shape index (κ2) is 33.4. The molecule has 2 N–H and O–H groups in total. The average Bonchev–Trinajstić information content (AvgIpc) is 3.01. The summed E-state index contributed by atoms with van der Waals surface area (Å²) in [5.41, 5.74) is 0.734. The summed E-state index contributed by atoms with van der Waals surface area (Å²) in [6, 6.07) is 0. The molecule has 0 saturated carbocycles. The van der Waals surface area contributed by atoms with E-state index in [1.807, 2.05) is 6.92 Å². The van der Waals surface area contributed by atoms with Gasteiger partial charge in [-0.2, -0.15) is 0 Å². The van der Waals surface area contributed by atoms with Crippen LogP contribution in [-0.4, -0.2) is 153 Å². The molecule has 0 rings (SSSR count). The molecule has 0 aromatic rings. The number of esters is 2. The van der Waals surface area contributed by atoms with Crippen LogP contribution >= 0.6 is 0 Å². The van der Waals surface area contributed by atoms with E-state index in [1.165, 1.54) is 0 Å². The molecular formula is C31H58O14. The van der Waals surface area contributed by atoms with E-state index in [0.29, 0.717) is 104 Å². The molecule has 0 radical (unpaired) electrons. The topological polar surface area (TPSA) is 167 Å². The molecule has 0 aromatic carbocycles. The Morgan fingerprint density at radius 1 is 0.533 bits per heavy atom. The van der Waals surface area contributed by atoms with Crippen molar-refractivity contribution < 1.29 is 67.2 Å². The van der Waals surface area contributed by atoms with Gasteiger partial charge in [0.25, 0.3) is 0 Å². The number of carbonyl (C=O) groups excluding carboxylic acids is 2. The van der Waals surface area contributed by atoms with Crippen molar-refractivity contribution in [1.82, 2.24) is 0 Å². The molecule has 3 atom stereocenters. The minimum atomic E-state index is -0.447. The van der Waals surface area contributed by atoms with Crippen molar-refractivity contribution >= 4 is 11.9 Å². The molecule has 0 aliphatic rings. The summed E-state index contributed by atoms with van der Waals surface area (Å²) in [7, 11) is 0. The lowest BCUT2D eigenvalue weighted by atomic mass is 10.4. The quantitative estimate of drug-likeness (QED) is 0.0650. The second-order valence-electron chi connectivity index (χ2n) is 9.83. The number of hydrogen-bond donors (Lipinski definition) is 2. The predicted molar refractivity (Wildman–Crippen MR) is 166 cm³/mol. The van der Waals surface area contributed by atoms with Crippen LogP contribution in [0.5, 0.6) is 0 Å². The summed E-state index contributed by atoms with van der Waals surface area (Å²) in [6.07, 6.45) is -0.654. The minimum absolute atomic E-state index is 0.0170. The van der Waals surface area contributed by atoms with Gasteiger partial charge in [0.2, 0.25) is 0 Å². The highest BCUT2D eigenvalue weighted by molar-refractivity contribution is 5.87. The van der Waals surface area contributed by atoms with Crippen LogP contribution in [0, 0.1) is 0 Å². The lowest BCUT2D eigenvalue weighted by Crippen LogP contribution is -2.24. The van der Waals surface area contributed by atoms with Crippen LogP contribution in [0.2, 0.25) is 0 Å². The van der Waals surface area contributed by atoms with E-state index in [9.17, 15) is 9.59 Å². The van der Waals surface area contributed by atoms with Crippen LogP contribution in [0.4, 0.5) is 0 Å². The lowest BCUT2D eigenvalue weighted by Gasteiger charge is -2.16. The van der Waals surface area contributed by atoms with Gasteiger partial charge >= 0.3 is 11.9 Å². The molecule has 0 aliphatic carbocycles. The molecule has 0 amide bonds. The first kappa shape index (κ1) is 45.1. The van der Waals surface area contributed by atoms with Gasteiger partial charge in [0.05, 0.1) is 117 Å². The van der Waals surface area contributed by atoms with Crippen molar-refractivity contribution in [1.29, 1.82) is 0 Å². The normalized spacial score (nSPS) is 12.9. The Morgan fingerprint density at radius 2 is 0.822 bits per heavy atom. The Morgan fingerprint density at radius 3 is 1.09 bits per heavy atom. The van der Waals surface area contributed by atoms with E-state index in [2.05, 4.69) is 13.2 Å². The van der Waals surface area contributed by atoms with E-state index < -0.39 is 18.0 Å². The van der Waals surface area contributed by atoms with Gasteiger partial charge < -0.3 is 57.6 Å². The second-order valence-corrected chi connectivity index (χ2v) is 9.83. The number of hydrogen-bond acceptors (Lipinski definition) is 14. The van der Waals surface area contributed by atoms with Crippen LogP contribution in [0.25, 0.3) is 0 Å². The van der Waals surface area contributed by atoms with Crippen molar-refractivity contribution in [3.8, 4) is 0 Å². The third-order valence-electron chi connectivity index (χ3n) is 4.97. The van der Waals surface area contributed by atoms with E-state index in [-0.39, 0.29) is 32.0 Å². The fourth-order valence-electron chi connectivity index (χ4n) is 2.54. The van der Waals surface area contributed by atoms with Crippen LogP contribution in [0.3, 0.4) is 0 Å². The Kier molecular flexibility index (Phi) is 33.5. The summed E-state index contributed by atoms with van der Waals surface area (Å²) < 4.78 is 52.3. The summed E-state index contributed by atoms with van der Waals surface area (Å²) in [4.78, 5) is 22.3. The summed E-state index contributed by atoms with van der Waals surface area (Å²) >= 11 is 0. The van der Waals surface area contributed by atoms with Crippen molar-refractivity contribution in [2.24, 2.45) is 0 Å². The predicted octanol–water partition coefficient (Wildman–Crippen LogP) is 1.49. The number of carbonyl (C=O) groups is 2. The molecule has 0 bridgehead atoms. The highest BCUT2D eigenvalue weighted by atomic mass is 16.6. The smallest absolute Gasteiger partial charge is 0.333 e. The molecular weight excluding hydrogens is 596 g/mol. The van der Waals surface area contributed by atoms with E-state index in [4.69, 9.17) is 57.6 Å². The van der Waals surface area contributed by atoms with Crippen molar-refractivity contribution in [3.63, 3.8) is 0 Å². The molecule has 14 heteroatoms. The number of aliphatic hydroxyl groups excluding tert-OH is 2. The highest BCUT2D eigenvalue weighted by Crippen LogP contribution is 1.97. The molecule has 266 valence electrons. The fraction of sp³-hybridized carbons (Fsp3) is 0.806. The molecule has 0 saturated heterocycles. The van der Waals surface area contributed by atoms with Gasteiger partial charge in [-0.15, -0.1) is 0 Å². The largest absolute Gasteiger partial charge is 0.460 e. The Bertz CT molecular complexity index is 685. The molecule has 3 unspecified atom stereocenters. The molecule has 0 heterocycles. The Labute approximate surface area is 268 Å². The average molecular weight is 655 g/mol. The number of ether oxygens (including phenoxy) is 10. The highest BCUT2D eigenvalue weighted by Gasteiger charge is 2.07. The standard InChI is InChI=1S/C22H38O10.C9H20O4/c1-19(2)21(23)31-17-15-29-13-11-27-9-7-25-5-6-26-8-10-28-12-14-30-16-18-32-22(24)20(3)4;1-7(11)5-12-9(3)6-13-8(2)4-10/h1,3,5-18H2,2,4H3;7-11H,4-6H2,1-3H3. The molecule has 0 aliphatic heterocycles. The van der Waals surface area contributed by atoms with Crippen molar-refractivity contribution in [3.05, 3.63) is 24.3 Å². The summed E-state index contributed by atoms with van der Waals surface area (Å²) in [6.45, 7) is 21.8. The van der Waals surface area contributed by atoms with Crippen LogP contribution in [-0.2, 0) is 57.0 Å². The molecule has 45 heavy (non-hydrogen) atoms. The molecule has 0 spiro atoms. The zero-order valence-electron chi connectivity index (χ0n) is 28.0. The van der Waals surface area contributed by atoms with E-state index in [0.717, 1.165) is 0 Å². The Hall–Kier alpha value is -1.98. The third kappa shape index (κ3) is 36.4. The lowest BCUT2D eigenvalue weighted by molar-refractivity contribution is -0.141. The SMILES string of the molecule is C=C(C)C(=O)OCCOCCOCCOCCOCCOCCOCCOC(=O)C(=C)C.CC(O)COC(C)COC(C)CO. The molecule has 0 fully saturated rings. The van der Waals surface area contributed by atoms with E-state index >= 15 is 0 Å². The number of rotatable bonds is 30. The van der Waals surface area contributed by atoms with Gasteiger partial charge in [-0.1, -0.05) is 13.2 Å². The monoisotopic (exact) mass is 654 g/mol. The van der Waals surface area contributed by atoms with Crippen molar-refractivity contribution in [2.75, 3.05) is 112 Å². The number of aliphatic hydroxyl groups is 2. The van der Waals surface area contributed by atoms with Gasteiger partial charge in [-0.3, -0.25) is 0 Å². The van der Waals surface area contributed by atoms with Crippen molar-refractivity contribution in [2.45, 2.75) is 52.9 Å². The minimum Gasteiger partial charge on any atom is -0.460 e. The zero-order chi connectivity index (χ0) is 34.1.